The van der Waals surface area contributed by atoms with E-state index < -0.39 is 16.1 Å². The van der Waals surface area contributed by atoms with E-state index in [1.54, 1.807) is 24.5 Å². The zero-order valence-corrected chi connectivity index (χ0v) is 18.2. The van der Waals surface area contributed by atoms with Crippen LogP contribution in [0.4, 0.5) is 0 Å². The molecule has 2 saturated heterocycles. The number of hydrazine groups is 1. The minimum absolute atomic E-state index is 0.128. The summed E-state index contributed by atoms with van der Waals surface area (Å²) in [6.45, 7) is 1.45. The van der Waals surface area contributed by atoms with E-state index in [0.717, 1.165) is 24.0 Å². The van der Waals surface area contributed by atoms with Crippen molar-refractivity contribution in [2.24, 2.45) is 0 Å². The molecule has 166 valence electrons. The maximum Gasteiger partial charge on any atom is 0.246 e. The van der Waals surface area contributed by atoms with E-state index in [1.165, 1.54) is 11.4 Å². The van der Waals surface area contributed by atoms with Crippen molar-refractivity contribution < 1.29 is 17.9 Å². The van der Waals surface area contributed by atoms with Gasteiger partial charge in [-0.15, -0.1) is 0 Å². The molecular weight excluding hydrogens is 418 g/mol. The van der Waals surface area contributed by atoms with Crippen LogP contribution in [-0.4, -0.2) is 49.9 Å². The lowest BCUT2D eigenvalue weighted by Crippen LogP contribution is -2.42. The van der Waals surface area contributed by atoms with Crippen molar-refractivity contribution in [1.29, 1.82) is 0 Å². The van der Waals surface area contributed by atoms with Crippen LogP contribution in [0.15, 0.2) is 47.6 Å². The molecule has 0 aliphatic carbocycles. The van der Waals surface area contributed by atoms with Gasteiger partial charge in [0.2, 0.25) is 15.9 Å². The van der Waals surface area contributed by atoms with E-state index in [2.05, 4.69) is 21.2 Å². The normalized spacial score (nSPS) is 21.8. The van der Waals surface area contributed by atoms with Crippen molar-refractivity contribution >= 4 is 15.9 Å². The first-order chi connectivity index (χ1) is 15.0. The molecule has 2 unspecified atom stereocenters. The van der Waals surface area contributed by atoms with Crippen LogP contribution in [0, 0.1) is 0 Å². The lowest BCUT2D eigenvalue weighted by molar-refractivity contribution is -0.123. The third kappa shape index (κ3) is 4.72. The van der Waals surface area contributed by atoms with Gasteiger partial charge in [-0.1, -0.05) is 12.1 Å². The van der Waals surface area contributed by atoms with Crippen molar-refractivity contribution in [2.45, 2.75) is 42.8 Å². The molecule has 2 aromatic rings. The molecule has 10 heteroatoms. The summed E-state index contributed by atoms with van der Waals surface area (Å²) in [5, 5.41) is 2.90. The highest BCUT2D eigenvalue weighted by molar-refractivity contribution is 7.89. The predicted molar refractivity (Wildman–Crippen MR) is 114 cm³/mol. The number of amides is 1. The summed E-state index contributed by atoms with van der Waals surface area (Å²) in [6, 6.07) is 8.25. The monoisotopic (exact) mass is 445 g/mol. The van der Waals surface area contributed by atoms with Crippen LogP contribution in [-0.2, 0) is 21.4 Å². The Kier molecular flexibility index (Phi) is 6.51. The molecule has 1 aromatic heterocycles. The Morgan fingerprint density at radius 3 is 2.77 bits per heavy atom. The van der Waals surface area contributed by atoms with E-state index >= 15 is 0 Å². The summed E-state index contributed by atoms with van der Waals surface area (Å²) in [5.41, 5.74) is 7.84. The third-order valence-electron chi connectivity index (χ3n) is 5.68. The Bertz CT molecular complexity index is 1030. The third-order valence-corrected chi connectivity index (χ3v) is 7.60. The van der Waals surface area contributed by atoms with Crippen LogP contribution in [0.2, 0.25) is 0 Å². The zero-order chi connectivity index (χ0) is 21.8. The zero-order valence-electron chi connectivity index (χ0n) is 17.4. The maximum absolute atomic E-state index is 13.1. The molecular formula is C21H27N5O4S. The fourth-order valence-electron chi connectivity index (χ4n) is 3.94. The average Bonchev–Trinajstić information content (AvgIpc) is 3.51. The van der Waals surface area contributed by atoms with E-state index in [-0.39, 0.29) is 16.8 Å². The Morgan fingerprint density at radius 2 is 2.06 bits per heavy atom. The Morgan fingerprint density at radius 1 is 1.26 bits per heavy atom. The van der Waals surface area contributed by atoms with Gasteiger partial charge in [0.15, 0.2) is 0 Å². The van der Waals surface area contributed by atoms with Gasteiger partial charge in [-0.2, -0.15) is 4.31 Å². The molecule has 3 heterocycles. The number of ether oxygens (including phenoxy) is 1. The van der Waals surface area contributed by atoms with Gasteiger partial charge < -0.3 is 10.1 Å². The summed E-state index contributed by atoms with van der Waals surface area (Å²) >= 11 is 0. The van der Waals surface area contributed by atoms with Gasteiger partial charge in [-0.25, -0.2) is 19.3 Å². The molecule has 0 bridgehead atoms. The van der Waals surface area contributed by atoms with Crippen molar-refractivity contribution in [3.63, 3.8) is 0 Å². The molecule has 0 spiro atoms. The lowest BCUT2D eigenvalue weighted by Gasteiger charge is -2.19. The van der Waals surface area contributed by atoms with Crippen LogP contribution >= 0.6 is 0 Å². The number of nitrogens with one attached hydrogen (secondary N) is 3. The standard InChI is InChI=1S/C21H27N5O4S/c1-30-19-7-6-16(11-20(19)31(28,29)26-9-2-3-10-26)17-12-18(25-24-17)21(27)23-14-15-5-4-8-22-13-15/h4-8,11,13,17-18,24-25H,2-3,9-10,12,14H2,1H3,(H,23,27). The first kappa shape index (κ1) is 21.7. The summed E-state index contributed by atoms with van der Waals surface area (Å²) in [7, 11) is -2.16. The molecule has 1 amide bonds. The molecule has 2 fully saturated rings. The van der Waals surface area contributed by atoms with Gasteiger partial charge in [0.1, 0.15) is 16.7 Å². The SMILES string of the molecule is COc1ccc(C2CC(C(=O)NCc3cccnc3)NN2)cc1S(=O)(=O)N1CCCC1. The summed E-state index contributed by atoms with van der Waals surface area (Å²) in [5.74, 6) is 0.199. The topological polar surface area (TPSA) is 113 Å². The van der Waals surface area contributed by atoms with Gasteiger partial charge in [0.05, 0.1) is 7.11 Å². The van der Waals surface area contributed by atoms with Gasteiger partial charge in [0, 0.05) is 38.1 Å². The fourth-order valence-corrected chi connectivity index (χ4v) is 5.65. The Labute approximate surface area is 182 Å². The molecule has 1 aromatic carbocycles. The van der Waals surface area contributed by atoms with Crippen molar-refractivity contribution in [3.8, 4) is 5.75 Å². The van der Waals surface area contributed by atoms with E-state index in [1.807, 2.05) is 18.2 Å². The fraction of sp³-hybridized carbons (Fsp3) is 0.429. The largest absolute Gasteiger partial charge is 0.495 e. The van der Waals surface area contributed by atoms with Crippen molar-refractivity contribution in [2.75, 3.05) is 20.2 Å². The molecule has 2 aliphatic rings. The smallest absolute Gasteiger partial charge is 0.246 e. The summed E-state index contributed by atoms with van der Waals surface area (Å²) < 4.78 is 33.1. The van der Waals surface area contributed by atoms with Crippen LogP contribution < -0.4 is 20.9 Å². The molecule has 4 rings (SSSR count). The molecule has 9 nitrogen and oxygen atoms in total. The predicted octanol–water partition coefficient (Wildman–Crippen LogP) is 1.10. The minimum atomic E-state index is -3.63. The maximum atomic E-state index is 13.1. The Balaban J connectivity index is 1.46. The number of aromatic nitrogens is 1. The number of rotatable bonds is 7. The van der Waals surface area contributed by atoms with Gasteiger partial charge in [-0.05, 0) is 48.6 Å². The molecule has 2 atom stereocenters. The van der Waals surface area contributed by atoms with E-state index in [0.29, 0.717) is 31.8 Å². The number of carbonyl (C=O) groups excluding carboxylic acids is 1. The van der Waals surface area contributed by atoms with E-state index in [4.69, 9.17) is 4.74 Å². The highest BCUT2D eigenvalue weighted by Gasteiger charge is 2.33. The van der Waals surface area contributed by atoms with Gasteiger partial charge in [-0.3, -0.25) is 9.78 Å². The number of nitrogens with zero attached hydrogens (tertiary/aromatic N) is 2. The second-order valence-electron chi connectivity index (χ2n) is 7.73. The number of benzene rings is 1. The highest BCUT2D eigenvalue weighted by Crippen LogP contribution is 2.33. The summed E-state index contributed by atoms with van der Waals surface area (Å²) in [6.07, 6.45) is 5.62. The molecule has 0 saturated carbocycles. The number of methoxy groups -OCH3 is 1. The van der Waals surface area contributed by atoms with Gasteiger partial charge >= 0.3 is 0 Å². The average molecular weight is 446 g/mol. The number of carbonyl (C=O) groups is 1. The van der Waals surface area contributed by atoms with Gasteiger partial charge in [0.25, 0.3) is 0 Å². The molecule has 3 N–H and O–H groups in total. The van der Waals surface area contributed by atoms with Crippen LogP contribution in [0.3, 0.4) is 0 Å². The second kappa shape index (κ2) is 9.31. The first-order valence-electron chi connectivity index (χ1n) is 10.3. The van der Waals surface area contributed by atoms with Crippen molar-refractivity contribution in [3.05, 3.63) is 53.9 Å². The van der Waals surface area contributed by atoms with E-state index in [9.17, 15) is 13.2 Å². The van der Waals surface area contributed by atoms with Crippen LogP contribution in [0.1, 0.15) is 36.4 Å². The number of pyridine rings is 1. The minimum Gasteiger partial charge on any atom is -0.495 e. The number of hydrogen-bond donors (Lipinski definition) is 3. The highest BCUT2D eigenvalue weighted by atomic mass is 32.2. The molecule has 2 aliphatic heterocycles. The summed E-state index contributed by atoms with van der Waals surface area (Å²) in [4.78, 5) is 16.7. The molecule has 31 heavy (non-hydrogen) atoms. The number of hydrogen-bond acceptors (Lipinski definition) is 7. The Hall–Kier alpha value is -2.53. The quantitative estimate of drug-likeness (QED) is 0.585. The first-order valence-corrected chi connectivity index (χ1v) is 11.8. The van der Waals surface area contributed by atoms with Crippen LogP contribution in [0.25, 0.3) is 0 Å². The van der Waals surface area contributed by atoms with Crippen LogP contribution in [0.5, 0.6) is 5.75 Å². The second-order valence-corrected chi connectivity index (χ2v) is 9.64. The number of sulfonamides is 1. The molecule has 0 radical (unpaired) electrons. The van der Waals surface area contributed by atoms with Crippen molar-refractivity contribution in [1.82, 2.24) is 25.5 Å². The lowest BCUT2D eigenvalue weighted by atomic mass is 10.0.